The second-order valence-corrected chi connectivity index (χ2v) is 6.70. The fourth-order valence-corrected chi connectivity index (χ4v) is 3.65. The van der Waals surface area contributed by atoms with Crippen LogP contribution >= 0.6 is 0 Å². The Kier molecular flexibility index (Phi) is 6.10. The third-order valence-electron chi connectivity index (χ3n) is 4.86. The van der Waals surface area contributed by atoms with E-state index in [0.717, 1.165) is 31.0 Å². The van der Waals surface area contributed by atoms with Gasteiger partial charge in [0.1, 0.15) is 0 Å². The van der Waals surface area contributed by atoms with Gasteiger partial charge in [-0.25, -0.2) is 0 Å². The normalized spacial score (nSPS) is 18.9. The van der Waals surface area contributed by atoms with Gasteiger partial charge in [-0.2, -0.15) is 0 Å². The predicted octanol–water partition coefficient (Wildman–Crippen LogP) is 2.78. The standard InChI is InChI=1S/C19H30N2O3/c1-7-21-9-8-14-10-16(23-5)17(24-6)11-15(14)19(21)18(12(2)3)20-13(4)22/h10-12,18-19H,7-9H2,1-6H3,(H,20,22)/t18-,19-/m0/s1. The Morgan fingerprint density at radius 3 is 2.42 bits per heavy atom. The third-order valence-corrected chi connectivity index (χ3v) is 4.86. The van der Waals surface area contributed by atoms with E-state index in [9.17, 15) is 4.79 Å². The van der Waals surface area contributed by atoms with Gasteiger partial charge in [0.2, 0.25) is 5.91 Å². The van der Waals surface area contributed by atoms with Gasteiger partial charge in [-0.1, -0.05) is 20.8 Å². The molecule has 1 aromatic rings. The van der Waals surface area contributed by atoms with Crippen molar-refractivity contribution in [3.63, 3.8) is 0 Å². The molecule has 0 spiro atoms. The van der Waals surface area contributed by atoms with Crippen LogP contribution in [0.4, 0.5) is 0 Å². The van der Waals surface area contributed by atoms with Crippen molar-refractivity contribution in [2.45, 2.75) is 46.2 Å². The Labute approximate surface area is 145 Å². The molecule has 0 aliphatic carbocycles. The van der Waals surface area contributed by atoms with E-state index in [-0.39, 0.29) is 18.0 Å². The number of hydrogen-bond acceptors (Lipinski definition) is 4. The van der Waals surface area contributed by atoms with E-state index < -0.39 is 0 Å². The van der Waals surface area contributed by atoms with E-state index in [1.54, 1.807) is 21.1 Å². The fraction of sp³-hybridized carbons (Fsp3) is 0.632. The lowest BCUT2D eigenvalue weighted by molar-refractivity contribution is -0.120. The number of carbonyl (C=O) groups excluding carboxylic acids is 1. The number of ether oxygens (including phenoxy) is 2. The SMILES string of the molecule is CCN1CCc2cc(OC)c(OC)cc2[C@H]1[C@@H](NC(C)=O)C(C)C. The summed E-state index contributed by atoms with van der Waals surface area (Å²) in [4.78, 5) is 14.2. The molecule has 0 saturated carbocycles. The first kappa shape index (κ1) is 18.6. The highest BCUT2D eigenvalue weighted by Gasteiger charge is 2.36. The van der Waals surface area contributed by atoms with Crippen molar-refractivity contribution in [2.24, 2.45) is 5.92 Å². The number of fused-ring (bicyclic) bond motifs is 1. The molecule has 0 bridgehead atoms. The van der Waals surface area contributed by atoms with Crippen molar-refractivity contribution in [3.8, 4) is 11.5 Å². The summed E-state index contributed by atoms with van der Waals surface area (Å²) in [5.74, 6) is 1.84. The average Bonchev–Trinajstić information content (AvgIpc) is 2.57. The van der Waals surface area contributed by atoms with Crippen LogP contribution in [0.25, 0.3) is 0 Å². The Bertz CT molecular complexity index is 586. The summed E-state index contributed by atoms with van der Waals surface area (Å²) in [5.41, 5.74) is 2.51. The lowest BCUT2D eigenvalue weighted by atomic mass is 9.83. The molecule has 1 aromatic carbocycles. The molecule has 0 saturated heterocycles. The van der Waals surface area contributed by atoms with Crippen LogP contribution in [-0.2, 0) is 11.2 Å². The quantitative estimate of drug-likeness (QED) is 0.869. The molecule has 0 fully saturated rings. The van der Waals surface area contributed by atoms with Gasteiger partial charge >= 0.3 is 0 Å². The largest absolute Gasteiger partial charge is 0.493 e. The van der Waals surface area contributed by atoms with E-state index in [2.05, 4.69) is 43.1 Å². The minimum absolute atomic E-state index is 0.0114. The lowest BCUT2D eigenvalue weighted by Gasteiger charge is -2.43. The van der Waals surface area contributed by atoms with Crippen LogP contribution in [0, 0.1) is 5.92 Å². The molecule has 1 aliphatic heterocycles. The first-order valence-electron chi connectivity index (χ1n) is 8.68. The molecule has 0 unspecified atom stereocenters. The Balaban J connectivity index is 2.54. The molecule has 1 amide bonds. The first-order valence-corrected chi connectivity index (χ1v) is 8.68. The summed E-state index contributed by atoms with van der Waals surface area (Å²) in [6.07, 6.45) is 0.977. The van der Waals surface area contributed by atoms with Crippen molar-refractivity contribution >= 4 is 5.91 Å². The summed E-state index contributed by atoms with van der Waals surface area (Å²) in [5, 5.41) is 3.17. The van der Waals surface area contributed by atoms with Crippen LogP contribution in [0.3, 0.4) is 0 Å². The van der Waals surface area contributed by atoms with Gasteiger partial charge < -0.3 is 14.8 Å². The van der Waals surface area contributed by atoms with Crippen LogP contribution < -0.4 is 14.8 Å². The molecule has 0 aromatic heterocycles. The highest BCUT2D eigenvalue weighted by Crippen LogP contribution is 2.40. The zero-order valence-electron chi connectivity index (χ0n) is 15.7. The van der Waals surface area contributed by atoms with Crippen molar-refractivity contribution in [2.75, 3.05) is 27.3 Å². The maximum absolute atomic E-state index is 11.8. The molecule has 5 nitrogen and oxygen atoms in total. The van der Waals surface area contributed by atoms with Gasteiger partial charge in [0.15, 0.2) is 11.5 Å². The lowest BCUT2D eigenvalue weighted by Crippen LogP contribution is -2.50. The van der Waals surface area contributed by atoms with E-state index in [1.165, 1.54) is 11.1 Å². The van der Waals surface area contributed by atoms with E-state index >= 15 is 0 Å². The number of carbonyl (C=O) groups is 1. The van der Waals surface area contributed by atoms with Crippen LogP contribution in [0.15, 0.2) is 12.1 Å². The first-order chi connectivity index (χ1) is 11.4. The zero-order valence-corrected chi connectivity index (χ0v) is 15.7. The van der Waals surface area contributed by atoms with Gasteiger partial charge in [0.05, 0.1) is 26.3 Å². The Morgan fingerprint density at radius 1 is 1.29 bits per heavy atom. The van der Waals surface area contributed by atoms with Crippen LogP contribution in [0.5, 0.6) is 11.5 Å². The van der Waals surface area contributed by atoms with Crippen LogP contribution in [0.2, 0.25) is 0 Å². The summed E-state index contributed by atoms with van der Waals surface area (Å²) >= 11 is 0. The molecular weight excluding hydrogens is 304 g/mol. The number of amides is 1. The maximum Gasteiger partial charge on any atom is 0.217 e. The topological polar surface area (TPSA) is 50.8 Å². The van der Waals surface area contributed by atoms with Gasteiger partial charge in [-0.3, -0.25) is 9.69 Å². The zero-order chi connectivity index (χ0) is 17.9. The molecule has 134 valence electrons. The van der Waals surface area contributed by atoms with Crippen molar-refractivity contribution < 1.29 is 14.3 Å². The summed E-state index contributed by atoms with van der Waals surface area (Å²) in [6.45, 7) is 9.99. The molecule has 1 heterocycles. The predicted molar refractivity (Wildman–Crippen MR) is 95.7 cm³/mol. The van der Waals surface area contributed by atoms with Crippen molar-refractivity contribution in [3.05, 3.63) is 23.3 Å². The smallest absolute Gasteiger partial charge is 0.217 e. The van der Waals surface area contributed by atoms with Gasteiger partial charge in [-0.15, -0.1) is 0 Å². The number of hydrogen-bond donors (Lipinski definition) is 1. The second-order valence-electron chi connectivity index (χ2n) is 6.70. The Morgan fingerprint density at radius 2 is 1.92 bits per heavy atom. The number of nitrogens with one attached hydrogen (secondary N) is 1. The van der Waals surface area contributed by atoms with Crippen LogP contribution in [0.1, 0.15) is 44.9 Å². The molecule has 5 heteroatoms. The molecule has 2 atom stereocenters. The number of methoxy groups -OCH3 is 2. The molecule has 1 aliphatic rings. The summed E-state index contributed by atoms with van der Waals surface area (Å²) < 4.78 is 11.0. The monoisotopic (exact) mass is 334 g/mol. The van der Waals surface area contributed by atoms with Gasteiger partial charge in [0.25, 0.3) is 0 Å². The van der Waals surface area contributed by atoms with E-state index in [0.29, 0.717) is 5.92 Å². The second kappa shape index (κ2) is 7.88. The van der Waals surface area contributed by atoms with Crippen molar-refractivity contribution in [1.82, 2.24) is 10.2 Å². The maximum atomic E-state index is 11.8. The third kappa shape index (κ3) is 3.66. The van der Waals surface area contributed by atoms with Gasteiger partial charge in [-0.05, 0) is 42.1 Å². The molecule has 1 N–H and O–H groups in total. The average molecular weight is 334 g/mol. The van der Waals surface area contributed by atoms with Crippen molar-refractivity contribution in [1.29, 1.82) is 0 Å². The van der Waals surface area contributed by atoms with Gasteiger partial charge in [0, 0.05) is 13.5 Å². The molecule has 24 heavy (non-hydrogen) atoms. The number of nitrogens with zero attached hydrogens (tertiary/aromatic N) is 1. The summed E-state index contributed by atoms with van der Waals surface area (Å²) in [7, 11) is 3.32. The molecule has 0 radical (unpaired) electrons. The van der Waals surface area contributed by atoms with E-state index in [4.69, 9.17) is 9.47 Å². The molecular formula is C19H30N2O3. The van der Waals surface area contributed by atoms with Crippen LogP contribution in [-0.4, -0.2) is 44.2 Å². The molecule has 2 rings (SSSR count). The highest BCUT2D eigenvalue weighted by molar-refractivity contribution is 5.73. The number of likely N-dealkylation sites (N-methyl/N-ethyl adjacent to an activating group) is 1. The highest BCUT2D eigenvalue weighted by atomic mass is 16.5. The minimum Gasteiger partial charge on any atom is -0.493 e. The van der Waals surface area contributed by atoms with E-state index in [1.807, 2.05) is 0 Å². The fourth-order valence-electron chi connectivity index (χ4n) is 3.65. The summed E-state index contributed by atoms with van der Waals surface area (Å²) in [6, 6.07) is 4.36. The minimum atomic E-state index is 0.0114. The Hall–Kier alpha value is -1.75. The number of rotatable bonds is 6. The number of benzene rings is 1.